The molecule has 1 aromatic rings. The van der Waals surface area contributed by atoms with E-state index in [1.54, 1.807) is 0 Å². The van der Waals surface area contributed by atoms with Gasteiger partial charge in [-0.15, -0.1) is 0 Å². The molecule has 2 rings (SSSR count). The molecule has 1 aliphatic heterocycles. The van der Waals surface area contributed by atoms with Crippen LogP contribution in [0.3, 0.4) is 0 Å². The van der Waals surface area contributed by atoms with Gasteiger partial charge in [-0.3, -0.25) is 0 Å². The lowest BCUT2D eigenvalue weighted by molar-refractivity contribution is 0.756. The summed E-state index contributed by atoms with van der Waals surface area (Å²) in [6.07, 6.45) is 4.41. The van der Waals surface area contributed by atoms with Gasteiger partial charge in [0.15, 0.2) is 0 Å². The Morgan fingerprint density at radius 2 is 1.62 bits per heavy atom. The molecule has 0 radical (unpaired) electrons. The second kappa shape index (κ2) is 4.71. The quantitative estimate of drug-likeness (QED) is 0.633. The van der Waals surface area contributed by atoms with Crippen LogP contribution in [0, 0.1) is 0 Å². The van der Waals surface area contributed by atoms with Crippen molar-refractivity contribution < 1.29 is 0 Å². The first-order chi connectivity index (χ1) is 6.45. The summed E-state index contributed by atoms with van der Waals surface area (Å²) in [5.41, 5.74) is 1.53. The maximum Gasteiger partial charge on any atom is 0.133 e. The Hall–Kier alpha value is -0.430. The molecule has 0 nitrogen and oxygen atoms in total. The van der Waals surface area contributed by atoms with E-state index >= 15 is 0 Å². The van der Waals surface area contributed by atoms with Crippen LogP contribution < -0.4 is 0 Å². The molecule has 0 amide bonds. The van der Waals surface area contributed by atoms with Gasteiger partial charge in [0.25, 0.3) is 0 Å². The minimum absolute atomic E-state index is 0.704. The van der Waals surface area contributed by atoms with E-state index in [0.717, 1.165) is 0 Å². The van der Waals surface area contributed by atoms with Crippen molar-refractivity contribution in [2.24, 2.45) is 0 Å². The molecule has 1 saturated heterocycles. The molecule has 70 valence electrons. The van der Waals surface area contributed by atoms with Crippen molar-refractivity contribution >= 4 is 10.9 Å². The van der Waals surface area contributed by atoms with Gasteiger partial charge in [-0.1, -0.05) is 30.3 Å². The van der Waals surface area contributed by atoms with Crippen LogP contribution in [0.15, 0.2) is 30.3 Å². The van der Waals surface area contributed by atoms with Gasteiger partial charge in [0, 0.05) is 5.56 Å². The Balaban J connectivity index is 1.90. The highest BCUT2D eigenvalue weighted by Gasteiger charge is 2.21. The van der Waals surface area contributed by atoms with Crippen molar-refractivity contribution in [1.29, 1.82) is 0 Å². The molecule has 0 spiro atoms. The maximum atomic E-state index is 2.27. The third-order valence-electron chi connectivity index (χ3n) is 2.58. The molecule has 0 atom stereocenters. The second-order valence-corrected chi connectivity index (χ2v) is 6.04. The fourth-order valence-electron chi connectivity index (χ4n) is 1.85. The van der Waals surface area contributed by atoms with Gasteiger partial charge in [0.2, 0.25) is 0 Å². The van der Waals surface area contributed by atoms with Crippen LogP contribution >= 0.6 is 0 Å². The average Bonchev–Trinajstić information content (AvgIpc) is 2.21. The summed E-state index contributed by atoms with van der Waals surface area (Å²) in [6.45, 7) is 0. The Morgan fingerprint density at radius 3 is 2.31 bits per heavy atom. The lowest BCUT2D eigenvalue weighted by Gasteiger charge is -2.13. The van der Waals surface area contributed by atoms with Crippen LogP contribution in [0.5, 0.6) is 0 Å². The van der Waals surface area contributed by atoms with Crippen LogP contribution in [0.4, 0.5) is 0 Å². The van der Waals surface area contributed by atoms with E-state index < -0.39 is 0 Å². The van der Waals surface area contributed by atoms with E-state index in [9.17, 15) is 0 Å². The third kappa shape index (κ3) is 2.77. The number of hydrogen-bond donors (Lipinski definition) is 0. The van der Waals surface area contributed by atoms with Crippen molar-refractivity contribution in [2.45, 2.75) is 25.0 Å². The van der Waals surface area contributed by atoms with Gasteiger partial charge in [0.05, 0.1) is 0 Å². The van der Waals surface area contributed by atoms with Gasteiger partial charge in [0.1, 0.15) is 17.3 Å². The summed E-state index contributed by atoms with van der Waals surface area (Å²) in [7, 11) is 0.704. The van der Waals surface area contributed by atoms with Crippen molar-refractivity contribution in [2.75, 3.05) is 11.5 Å². The standard InChI is InChI=1S/C12H17S/c1-3-7-12(8-4-1)11-13-9-5-2-6-10-13/h1,3-4,7-8H,2,5-6,9-11H2/q+1. The van der Waals surface area contributed by atoms with Crippen LogP contribution in [0.1, 0.15) is 24.8 Å². The van der Waals surface area contributed by atoms with E-state index in [0.29, 0.717) is 10.9 Å². The van der Waals surface area contributed by atoms with Crippen molar-refractivity contribution in [3.8, 4) is 0 Å². The Morgan fingerprint density at radius 1 is 0.923 bits per heavy atom. The molecule has 0 bridgehead atoms. The van der Waals surface area contributed by atoms with Gasteiger partial charge in [-0.05, 0) is 30.2 Å². The molecule has 13 heavy (non-hydrogen) atoms. The largest absolute Gasteiger partial charge is 0.133 e. The first-order valence-corrected chi connectivity index (χ1v) is 6.86. The molecule has 1 heteroatoms. The molecule has 1 aliphatic rings. The lowest BCUT2D eigenvalue weighted by atomic mass is 10.2. The molecule has 0 aliphatic carbocycles. The number of hydrogen-bond acceptors (Lipinski definition) is 0. The molecule has 1 aromatic carbocycles. The predicted molar refractivity (Wildman–Crippen MR) is 61.1 cm³/mol. The highest BCUT2D eigenvalue weighted by atomic mass is 32.2. The van der Waals surface area contributed by atoms with E-state index in [-0.39, 0.29) is 0 Å². The van der Waals surface area contributed by atoms with Crippen LogP contribution in [0.25, 0.3) is 0 Å². The minimum Gasteiger partial charge on any atom is -0.0622 e. The fourth-order valence-corrected chi connectivity index (χ4v) is 4.23. The summed E-state index contributed by atoms with van der Waals surface area (Å²) in [6, 6.07) is 10.9. The van der Waals surface area contributed by atoms with E-state index in [2.05, 4.69) is 30.3 Å². The highest BCUT2D eigenvalue weighted by Crippen LogP contribution is 2.17. The SMILES string of the molecule is c1ccc(C[S+]2CCCCC2)cc1. The van der Waals surface area contributed by atoms with Gasteiger partial charge >= 0.3 is 0 Å². The fraction of sp³-hybridized carbons (Fsp3) is 0.500. The van der Waals surface area contributed by atoms with Crippen LogP contribution in [-0.2, 0) is 16.6 Å². The summed E-state index contributed by atoms with van der Waals surface area (Å²) < 4.78 is 0. The second-order valence-electron chi connectivity index (χ2n) is 3.71. The molecule has 1 fully saturated rings. The van der Waals surface area contributed by atoms with E-state index in [4.69, 9.17) is 0 Å². The first-order valence-electron chi connectivity index (χ1n) is 5.13. The van der Waals surface area contributed by atoms with E-state index in [1.165, 1.54) is 42.1 Å². The summed E-state index contributed by atoms with van der Waals surface area (Å²) in [5, 5.41) is 0. The van der Waals surface area contributed by atoms with Crippen molar-refractivity contribution in [3.05, 3.63) is 35.9 Å². The molecule has 0 aromatic heterocycles. The highest BCUT2D eigenvalue weighted by molar-refractivity contribution is 7.96. The number of benzene rings is 1. The predicted octanol–water partition coefficient (Wildman–Crippen LogP) is 2.99. The topological polar surface area (TPSA) is 0 Å². The molecule has 0 saturated carbocycles. The minimum atomic E-state index is 0.704. The average molecular weight is 193 g/mol. The molecule has 1 heterocycles. The van der Waals surface area contributed by atoms with Crippen LogP contribution in [-0.4, -0.2) is 11.5 Å². The van der Waals surface area contributed by atoms with Crippen LogP contribution in [0.2, 0.25) is 0 Å². The molecular weight excluding hydrogens is 176 g/mol. The molecular formula is C12H17S+. The maximum absolute atomic E-state index is 2.27. The summed E-state index contributed by atoms with van der Waals surface area (Å²) in [4.78, 5) is 0. The number of rotatable bonds is 2. The van der Waals surface area contributed by atoms with Crippen molar-refractivity contribution in [3.63, 3.8) is 0 Å². The van der Waals surface area contributed by atoms with E-state index in [1.807, 2.05) is 0 Å². The Bertz CT molecular complexity index is 237. The lowest BCUT2D eigenvalue weighted by Crippen LogP contribution is -2.19. The zero-order chi connectivity index (χ0) is 8.93. The Kier molecular flexibility index (Phi) is 3.31. The van der Waals surface area contributed by atoms with Gasteiger partial charge in [-0.25, -0.2) is 0 Å². The first kappa shape index (κ1) is 9.14. The molecule has 0 N–H and O–H groups in total. The van der Waals surface area contributed by atoms with Crippen molar-refractivity contribution in [1.82, 2.24) is 0 Å². The van der Waals surface area contributed by atoms with Gasteiger partial charge < -0.3 is 0 Å². The zero-order valence-corrected chi connectivity index (χ0v) is 8.85. The normalized spacial score (nSPS) is 18.8. The summed E-state index contributed by atoms with van der Waals surface area (Å²) in [5.74, 6) is 4.30. The third-order valence-corrected chi connectivity index (χ3v) is 5.05. The monoisotopic (exact) mass is 193 g/mol. The molecule has 0 unspecified atom stereocenters. The Labute approximate surface area is 83.7 Å². The smallest absolute Gasteiger partial charge is 0.0622 e. The summed E-state index contributed by atoms with van der Waals surface area (Å²) >= 11 is 0. The zero-order valence-electron chi connectivity index (χ0n) is 8.04. The van der Waals surface area contributed by atoms with Gasteiger partial charge in [-0.2, -0.15) is 0 Å².